The molecule has 12 heteroatoms. The number of anilines is 1. The number of benzene rings is 2. The molecule has 2 aromatic rings. The molecule has 208 valence electrons. The number of aliphatic hydroxyl groups excluding tert-OH is 1. The zero-order valence-electron chi connectivity index (χ0n) is 21.1. The number of carbonyl (C=O) groups is 3. The van der Waals surface area contributed by atoms with Crippen molar-refractivity contribution < 1.29 is 37.9 Å². The molecule has 3 amide bonds. The molecule has 0 saturated carbocycles. The second-order valence-corrected chi connectivity index (χ2v) is 9.21. The first-order valence-electron chi connectivity index (χ1n) is 12.2. The van der Waals surface area contributed by atoms with E-state index in [1.807, 2.05) is 0 Å². The van der Waals surface area contributed by atoms with Gasteiger partial charge in [-0.25, -0.2) is 5.48 Å². The van der Waals surface area contributed by atoms with Crippen LogP contribution in [-0.2, 0) is 9.59 Å². The molecule has 0 aromatic heterocycles. The lowest BCUT2D eigenvalue weighted by Crippen LogP contribution is -2.51. The average molecular weight is 547 g/mol. The summed E-state index contributed by atoms with van der Waals surface area (Å²) in [4.78, 5) is 37.9. The Balaban J connectivity index is 1.50. The fraction of sp³-hybridized carbons (Fsp3) is 0.370. The summed E-state index contributed by atoms with van der Waals surface area (Å²) < 4.78 is 38.4. The lowest BCUT2D eigenvalue weighted by molar-refractivity contribution is -0.184. The molecule has 5 N–H and O–H groups in total. The molecule has 0 aliphatic carbocycles. The number of rotatable bonds is 7. The van der Waals surface area contributed by atoms with Crippen molar-refractivity contribution in [3.05, 3.63) is 65.2 Å². The molecule has 1 heterocycles. The van der Waals surface area contributed by atoms with E-state index in [9.17, 15) is 32.7 Å². The van der Waals surface area contributed by atoms with Crippen LogP contribution in [0.4, 0.5) is 18.9 Å². The molecule has 1 fully saturated rings. The Morgan fingerprint density at radius 2 is 1.54 bits per heavy atom. The van der Waals surface area contributed by atoms with Crippen LogP contribution in [0.3, 0.4) is 0 Å². The van der Waals surface area contributed by atoms with Crippen molar-refractivity contribution in [3.8, 4) is 11.8 Å². The van der Waals surface area contributed by atoms with Gasteiger partial charge in [-0.3, -0.25) is 24.5 Å². The van der Waals surface area contributed by atoms with Gasteiger partial charge in [0.1, 0.15) is 6.04 Å². The third-order valence-corrected chi connectivity index (χ3v) is 6.25. The fourth-order valence-electron chi connectivity index (χ4n) is 4.01. The summed E-state index contributed by atoms with van der Waals surface area (Å²) in [6.07, 6.45) is -5.43. The molecule has 3 rings (SSSR count). The van der Waals surface area contributed by atoms with Crippen LogP contribution in [0.2, 0.25) is 0 Å². The lowest BCUT2D eigenvalue weighted by Gasteiger charge is -2.32. The second-order valence-electron chi connectivity index (χ2n) is 9.21. The minimum Gasteiger partial charge on any atom is -0.391 e. The highest BCUT2D eigenvalue weighted by Crippen LogP contribution is 2.34. The maximum absolute atomic E-state index is 12.8. The van der Waals surface area contributed by atoms with Crippen LogP contribution in [-0.4, -0.2) is 70.9 Å². The van der Waals surface area contributed by atoms with Gasteiger partial charge in [-0.15, -0.1) is 0 Å². The topological polar surface area (TPSA) is 131 Å². The number of carbonyl (C=O) groups excluding carboxylic acids is 3. The lowest BCUT2D eigenvalue weighted by atomic mass is 9.96. The molecule has 1 aliphatic heterocycles. The van der Waals surface area contributed by atoms with Gasteiger partial charge in [-0.1, -0.05) is 11.8 Å². The van der Waals surface area contributed by atoms with Gasteiger partial charge in [0, 0.05) is 22.4 Å². The van der Waals surface area contributed by atoms with Crippen molar-refractivity contribution >= 4 is 23.4 Å². The Bertz CT molecular complexity index is 1210. The van der Waals surface area contributed by atoms with E-state index in [2.05, 4.69) is 22.5 Å². The summed E-state index contributed by atoms with van der Waals surface area (Å²) in [6, 6.07) is 11.7. The van der Waals surface area contributed by atoms with Crippen LogP contribution in [0.5, 0.6) is 0 Å². The number of amides is 3. The van der Waals surface area contributed by atoms with E-state index in [1.54, 1.807) is 41.3 Å². The predicted molar refractivity (Wildman–Crippen MR) is 136 cm³/mol. The molecular formula is C27H29F3N4O5. The van der Waals surface area contributed by atoms with E-state index in [0.29, 0.717) is 16.8 Å². The third-order valence-electron chi connectivity index (χ3n) is 6.25. The number of halogens is 3. The normalized spacial score (nSPS) is 15.8. The Hall–Kier alpha value is -3.92. The fourth-order valence-corrected chi connectivity index (χ4v) is 4.01. The van der Waals surface area contributed by atoms with E-state index in [1.165, 1.54) is 24.5 Å². The summed E-state index contributed by atoms with van der Waals surface area (Å²) in [5, 5.41) is 23.4. The van der Waals surface area contributed by atoms with Crippen molar-refractivity contribution in [1.82, 2.24) is 15.7 Å². The Kier molecular flexibility index (Phi) is 10.1. The van der Waals surface area contributed by atoms with Crippen molar-refractivity contribution in [1.29, 1.82) is 0 Å². The van der Waals surface area contributed by atoms with E-state index in [4.69, 9.17) is 5.21 Å². The molecule has 0 bridgehead atoms. The molecule has 1 saturated heterocycles. The molecule has 0 spiro atoms. The van der Waals surface area contributed by atoms with E-state index in [0.717, 1.165) is 0 Å². The number of hydrogen-bond donors (Lipinski definition) is 5. The summed E-state index contributed by atoms with van der Waals surface area (Å²) >= 11 is 0. The number of nitrogens with zero attached hydrogens (tertiary/aromatic N) is 1. The van der Waals surface area contributed by atoms with Gasteiger partial charge in [0.05, 0.1) is 18.6 Å². The smallest absolute Gasteiger partial charge is 0.391 e. The average Bonchev–Trinajstić information content (AvgIpc) is 2.90. The van der Waals surface area contributed by atoms with Gasteiger partial charge >= 0.3 is 6.18 Å². The van der Waals surface area contributed by atoms with E-state index in [-0.39, 0.29) is 43.9 Å². The van der Waals surface area contributed by atoms with Gasteiger partial charge in [-0.05, 0) is 81.4 Å². The van der Waals surface area contributed by atoms with Crippen LogP contribution in [0.25, 0.3) is 0 Å². The highest BCUT2D eigenvalue weighted by Gasteiger charge is 2.41. The SMILES string of the molecule is CC(O)C(NC(=O)c1ccc(C#Cc2ccc(NC(=O)CN3CCC(C(F)(F)F)CC3)cc2)cc1)C(=O)NO. The number of alkyl halides is 3. The van der Waals surface area contributed by atoms with Gasteiger partial charge in [-0.2, -0.15) is 13.2 Å². The van der Waals surface area contributed by atoms with Gasteiger partial charge in [0.25, 0.3) is 11.8 Å². The van der Waals surface area contributed by atoms with Crippen LogP contribution in [0, 0.1) is 17.8 Å². The molecule has 1 aliphatic rings. The Morgan fingerprint density at radius 3 is 2.03 bits per heavy atom. The highest BCUT2D eigenvalue weighted by molar-refractivity contribution is 5.97. The van der Waals surface area contributed by atoms with Crippen molar-refractivity contribution in [2.45, 2.75) is 38.1 Å². The van der Waals surface area contributed by atoms with Gasteiger partial charge in [0.2, 0.25) is 5.91 Å². The number of likely N-dealkylation sites (tertiary alicyclic amines) is 1. The number of piperidine rings is 1. The summed E-state index contributed by atoms with van der Waals surface area (Å²) in [6.45, 7) is 1.77. The van der Waals surface area contributed by atoms with Crippen LogP contribution < -0.4 is 16.1 Å². The Morgan fingerprint density at radius 1 is 1.00 bits per heavy atom. The first-order chi connectivity index (χ1) is 18.5. The number of aliphatic hydroxyl groups is 1. The second kappa shape index (κ2) is 13.2. The molecule has 9 nitrogen and oxygen atoms in total. The van der Waals surface area contributed by atoms with Crippen LogP contribution in [0.15, 0.2) is 48.5 Å². The summed E-state index contributed by atoms with van der Waals surface area (Å²) in [5.41, 5.74) is 3.43. The minimum absolute atomic E-state index is 0.00707. The van der Waals surface area contributed by atoms with Crippen molar-refractivity contribution in [3.63, 3.8) is 0 Å². The van der Waals surface area contributed by atoms with Crippen molar-refractivity contribution in [2.75, 3.05) is 25.0 Å². The standard InChI is InChI=1S/C27H29F3N4O5/c1-17(35)24(26(38)33-39)32-25(37)20-8-4-18(5-9-20)2-3-19-6-10-22(11-7-19)31-23(36)16-34-14-12-21(13-15-34)27(28,29)30/h4-11,17,21,24,35,39H,12-16H2,1H3,(H,31,36)(H,32,37)(H,33,38). The maximum Gasteiger partial charge on any atom is 0.391 e. The monoisotopic (exact) mass is 546 g/mol. The number of hydroxylamine groups is 1. The van der Waals surface area contributed by atoms with Crippen LogP contribution >= 0.6 is 0 Å². The first-order valence-corrected chi connectivity index (χ1v) is 12.2. The molecule has 2 aromatic carbocycles. The summed E-state index contributed by atoms with van der Waals surface area (Å²) in [7, 11) is 0. The molecule has 0 radical (unpaired) electrons. The quantitative estimate of drug-likeness (QED) is 0.206. The first kappa shape index (κ1) is 29.6. The van der Waals surface area contributed by atoms with Crippen LogP contribution in [0.1, 0.15) is 41.3 Å². The zero-order chi connectivity index (χ0) is 28.6. The van der Waals surface area contributed by atoms with Crippen molar-refractivity contribution in [2.24, 2.45) is 5.92 Å². The largest absolute Gasteiger partial charge is 0.391 e. The maximum atomic E-state index is 12.8. The number of nitrogens with one attached hydrogen (secondary N) is 3. The highest BCUT2D eigenvalue weighted by atomic mass is 19.4. The predicted octanol–water partition coefficient (Wildman–Crippen LogP) is 2.28. The molecule has 39 heavy (non-hydrogen) atoms. The number of hydrogen-bond acceptors (Lipinski definition) is 6. The Labute approximate surface area is 223 Å². The molecular weight excluding hydrogens is 517 g/mol. The zero-order valence-corrected chi connectivity index (χ0v) is 21.1. The summed E-state index contributed by atoms with van der Waals surface area (Å²) in [5.74, 6) is 2.74. The van der Waals surface area contributed by atoms with Gasteiger partial charge < -0.3 is 15.7 Å². The third kappa shape index (κ3) is 8.81. The van der Waals surface area contributed by atoms with Gasteiger partial charge in [0.15, 0.2) is 0 Å². The molecule has 2 unspecified atom stereocenters. The molecule has 2 atom stereocenters. The van der Waals surface area contributed by atoms with E-state index < -0.39 is 36.1 Å². The van der Waals surface area contributed by atoms with E-state index >= 15 is 0 Å². The minimum atomic E-state index is -4.19.